The van der Waals surface area contributed by atoms with E-state index in [1.807, 2.05) is 18.2 Å². The zero-order valence-corrected chi connectivity index (χ0v) is 7.32. The number of rotatable bonds is 2. The fraction of sp³-hybridized carbons (Fsp3) is 0.100. The van der Waals surface area contributed by atoms with Gasteiger partial charge >= 0.3 is 0 Å². The Kier molecular flexibility index (Phi) is 3.03. The van der Waals surface area contributed by atoms with E-state index >= 15 is 0 Å². The van der Waals surface area contributed by atoms with Crippen molar-refractivity contribution in [2.45, 2.75) is 4.90 Å². The summed E-state index contributed by atoms with van der Waals surface area (Å²) >= 11 is 1.74. The standard InChI is InChI=1S/C10H10S/c1-3-6-9-7-4-5-8-10(9)11-2/h4-8H,1H2,2H3. The molecule has 0 fully saturated rings. The SMILES string of the molecule is C=C=Cc1ccccc1SC. The molecule has 0 radical (unpaired) electrons. The quantitative estimate of drug-likeness (QED) is 0.475. The second-order valence-corrected chi connectivity index (χ2v) is 2.94. The Balaban J connectivity index is 3.11. The molecule has 1 heteroatoms. The first kappa shape index (κ1) is 8.19. The van der Waals surface area contributed by atoms with Crippen LogP contribution in [0.4, 0.5) is 0 Å². The number of thioether (sulfide) groups is 1. The zero-order valence-electron chi connectivity index (χ0n) is 6.50. The molecule has 0 aliphatic rings. The molecule has 0 saturated heterocycles. The van der Waals surface area contributed by atoms with Crippen LogP contribution >= 0.6 is 11.8 Å². The van der Waals surface area contributed by atoms with Crippen molar-refractivity contribution < 1.29 is 0 Å². The van der Waals surface area contributed by atoms with E-state index in [1.54, 1.807) is 11.8 Å². The Morgan fingerprint density at radius 3 is 2.82 bits per heavy atom. The van der Waals surface area contributed by atoms with E-state index in [9.17, 15) is 0 Å². The highest BCUT2D eigenvalue weighted by molar-refractivity contribution is 7.98. The molecule has 0 heterocycles. The van der Waals surface area contributed by atoms with Gasteiger partial charge < -0.3 is 0 Å². The maximum absolute atomic E-state index is 3.54. The largest absolute Gasteiger partial charge is 0.129 e. The van der Waals surface area contributed by atoms with E-state index in [4.69, 9.17) is 0 Å². The lowest BCUT2D eigenvalue weighted by molar-refractivity contribution is 1.43. The fourth-order valence-corrected chi connectivity index (χ4v) is 1.47. The molecule has 0 aromatic heterocycles. The molecular formula is C10H10S. The van der Waals surface area contributed by atoms with E-state index in [1.165, 1.54) is 10.5 Å². The lowest BCUT2D eigenvalue weighted by Gasteiger charge is -1.98. The van der Waals surface area contributed by atoms with Crippen molar-refractivity contribution in [1.82, 2.24) is 0 Å². The molecule has 0 amide bonds. The average Bonchev–Trinajstić information content (AvgIpc) is 2.06. The van der Waals surface area contributed by atoms with Crippen molar-refractivity contribution in [3.8, 4) is 0 Å². The van der Waals surface area contributed by atoms with Gasteiger partial charge in [-0.3, -0.25) is 0 Å². The Hall–Kier alpha value is -0.910. The molecule has 0 atom stereocenters. The van der Waals surface area contributed by atoms with Crippen molar-refractivity contribution in [2.75, 3.05) is 6.26 Å². The van der Waals surface area contributed by atoms with Crippen molar-refractivity contribution in [2.24, 2.45) is 0 Å². The third-order valence-electron chi connectivity index (χ3n) is 1.40. The lowest BCUT2D eigenvalue weighted by Crippen LogP contribution is -1.75. The summed E-state index contributed by atoms with van der Waals surface area (Å²) in [4.78, 5) is 1.27. The summed E-state index contributed by atoms with van der Waals surface area (Å²) in [5.74, 6) is 0. The van der Waals surface area contributed by atoms with Crippen molar-refractivity contribution in [3.63, 3.8) is 0 Å². The molecule has 0 N–H and O–H groups in total. The Morgan fingerprint density at radius 1 is 1.45 bits per heavy atom. The van der Waals surface area contributed by atoms with Gasteiger partial charge in [-0.1, -0.05) is 24.8 Å². The van der Waals surface area contributed by atoms with Gasteiger partial charge in [0.05, 0.1) is 0 Å². The van der Waals surface area contributed by atoms with Crippen LogP contribution in [0.3, 0.4) is 0 Å². The van der Waals surface area contributed by atoms with Crippen molar-refractivity contribution in [1.29, 1.82) is 0 Å². The third kappa shape index (κ3) is 2.01. The van der Waals surface area contributed by atoms with Gasteiger partial charge in [-0.15, -0.1) is 17.5 Å². The molecule has 1 aromatic rings. The third-order valence-corrected chi connectivity index (χ3v) is 2.21. The second-order valence-electron chi connectivity index (χ2n) is 2.09. The van der Waals surface area contributed by atoms with Crippen LogP contribution in [0.5, 0.6) is 0 Å². The Labute approximate surface area is 71.6 Å². The molecule has 11 heavy (non-hydrogen) atoms. The van der Waals surface area contributed by atoms with E-state index < -0.39 is 0 Å². The minimum Gasteiger partial charge on any atom is -0.129 e. The first-order valence-electron chi connectivity index (χ1n) is 3.37. The maximum atomic E-state index is 3.54. The highest BCUT2D eigenvalue weighted by Crippen LogP contribution is 2.20. The van der Waals surface area contributed by atoms with Crippen molar-refractivity contribution in [3.05, 3.63) is 42.1 Å². The van der Waals surface area contributed by atoms with Crippen LogP contribution in [-0.4, -0.2) is 6.26 Å². The van der Waals surface area contributed by atoms with Gasteiger partial charge in [0, 0.05) is 4.90 Å². The van der Waals surface area contributed by atoms with Gasteiger partial charge in [0.2, 0.25) is 0 Å². The second kappa shape index (κ2) is 4.07. The predicted molar refractivity (Wildman–Crippen MR) is 51.8 cm³/mol. The highest BCUT2D eigenvalue weighted by Gasteiger charge is 1.93. The molecule has 0 saturated carbocycles. The molecule has 0 aliphatic carbocycles. The topological polar surface area (TPSA) is 0 Å². The first-order chi connectivity index (χ1) is 5.38. The predicted octanol–water partition coefficient (Wildman–Crippen LogP) is 3.21. The van der Waals surface area contributed by atoms with Gasteiger partial charge in [0.1, 0.15) is 0 Å². The first-order valence-corrected chi connectivity index (χ1v) is 4.60. The number of hydrogen-bond acceptors (Lipinski definition) is 1. The number of benzene rings is 1. The monoisotopic (exact) mass is 162 g/mol. The molecule has 0 spiro atoms. The van der Waals surface area contributed by atoms with Gasteiger partial charge in [-0.2, -0.15) is 0 Å². The maximum Gasteiger partial charge on any atom is 0.0148 e. The summed E-state index contributed by atoms with van der Waals surface area (Å²) in [5.41, 5.74) is 3.96. The molecule has 0 unspecified atom stereocenters. The van der Waals surface area contributed by atoms with E-state index in [0.717, 1.165) is 0 Å². The fourth-order valence-electron chi connectivity index (χ4n) is 0.896. The Morgan fingerprint density at radius 2 is 2.18 bits per heavy atom. The minimum atomic E-state index is 1.19. The zero-order chi connectivity index (χ0) is 8.10. The summed E-state index contributed by atoms with van der Waals surface area (Å²) in [7, 11) is 0. The van der Waals surface area contributed by atoms with Gasteiger partial charge in [-0.05, 0) is 24.0 Å². The summed E-state index contributed by atoms with van der Waals surface area (Å²) in [6.45, 7) is 3.54. The number of hydrogen-bond donors (Lipinski definition) is 0. The molecule has 1 rings (SSSR count). The lowest BCUT2D eigenvalue weighted by atomic mass is 10.2. The highest BCUT2D eigenvalue weighted by atomic mass is 32.2. The molecule has 0 aliphatic heterocycles. The normalized spacial score (nSPS) is 8.82. The van der Waals surface area contributed by atoms with Crippen LogP contribution in [-0.2, 0) is 0 Å². The van der Waals surface area contributed by atoms with Gasteiger partial charge in [0.25, 0.3) is 0 Å². The summed E-state index contributed by atoms with van der Waals surface area (Å²) in [5, 5.41) is 0. The van der Waals surface area contributed by atoms with E-state index in [-0.39, 0.29) is 0 Å². The Bertz CT molecular complexity index is 283. The van der Waals surface area contributed by atoms with Crippen LogP contribution < -0.4 is 0 Å². The van der Waals surface area contributed by atoms with E-state index in [2.05, 4.69) is 30.7 Å². The smallest absolute Gasteiger partial charge is 0.0148 e. The summed E-state index contributed by atoms with van der Waals surface area (Å²) < 4.78 is 0. The van der Waals surface area contributed by atoms with Gasteiger partial charge in [0.15, 0.2) is 0 Å². The molecule has 0 bridgehead atoms. The minimum absolute atomic E-state index is 1.19. The molecule has 56 valence electrons. The molecular weight excluding hydrogens is 152 g/mol. The van der Waals surface area contributed by atoms with Crippen LogP contribution in [0.25, 0.3) is 6.08 Å². The average molecular weight is 162 g/mol. The summed E-state index contributed by atoms with van der Waals surface area (Å²) in [6, 6.07) is 8.20. The van der Waals surface area contributed by atoms with E-state index in [0.29, 0.717) is 0 Å². The van der Waals surface area contributed by atoms with Crippen LogP contribution in [0.15, 0.2) is 41.5 Å². The van der Waals surface area contributed by atoms with Crippen molar-refractivity contribution >= 4 is 17.8 Å². The van der Waals surface area contributed by atoms with Gasteiger partial charge in [-0.25, -0.2) is 0 Å². The van der Waals surface area contributed by atoms with Crippen LogP contribution in [0.1, 0.15) is 5.56 Å². The van der Waals surface area contributed by atoms with Crippen LogP contribution in [0.2, 0.25) is 0 Å². The van der Waals surface area contributed by atoms with Crippen LogP contribution in [0, 0.1) is 0 Å². The molecule has 1 aromatic carbocycles. The summed E-state index contributed by atoms with van der Waals surface area (Å²) in [6.07, 6.45) is 3.96. The molecule has 0 nitrogen and oxygen atoms in total.